The number of hydrogen-bond donors (Lipinski definition) is 0. The van der Waals surface area contributed by atoms with Crippen LogP contribution in [-0.2, 0) is 9.53 Å². The summed E-state index contributed by atoms with van der Waals surface area (Å²) >= 11 is 0. The molecule has 0 spiro atoms. The molecule has 1 aromatic rings. The summed E-state index contributed by atoms with van der Waals surface area (Å²) in [5.74, 6) is -0.358. The summed E-state index contributed by atoms with van der Waals surface area (Å²) < 4.78 is 5.09. The van der Waals surface area contributed by atoms with Crippen molar-refractivity contribution >= 4 is 16.2 Å². The molecule has 13 heavy (non-hydrogen) atoms. The van der Waals surface area contributed by atoms with Gasteiger partial charge in [-0.15, -0.1) is 0 Å². The highest BCUT2D eigenvalue weighted by Crippen LogP contribution is 2.12. The second-order valence-corrected chi connectivity index (χ2v) is 3.74. The second kappa shape index (κ2) is 4.62. The van der Waals surface area contributed by atoms with Crippen molar-refractivity contribution in [3.05, 3.63) is 48.6 Å². The Hall–Kier alpha value is -1.35. The fourth-order valence-corrected chi connectivity index (χ4v) is 1.63. The SMILES string of the molecule is C=CC(=O)OC([SiH3])c1ccccc1. The average molecular weight is 192 g/mol. The molecule has 0 aromatic heterocycles. The third-order valence-corrected chi connectivity index (χ3v) is 2.63. The topological polar surface area (TPSA) is 26.3 Å². The molecule has 0 saturated heterocycles. The van der Waals surface area contributed by atoms with Crippen molar-refractivity contribution in [1.82, 2.24) is 0 Å². The predicted molar refractivity (Wildman–Crippen MR) is 55.4 cm³/mol. The van der Waals surface area contributed by atoms with E-state index in [0.717, 1.165) is 15.8 Å². The zero-order chi connectivity index (χ0) is 9.68. The summed E-state index contributed by atoms with van der Waals surface area (Å²) in [7, 11) is 0.788. The molecule has 68 valence electrons. The van der Waals surface area contributed by atoms with Crippen molar-refractivity contribution in [2.24, 2.45) is 0 Å². The zero-order valence-corrected chi connectivity index (χ0v) is 9.57. The minimum atomic E-state index is -0.358. The second-order valence-electron chi connectivity index (χ2n) is 2.69. The Kier molecular flexibility index (Phi) is 3.46. The van der Waals surface area contributed by atoms with Crippen molar-refractivity contribution < 1.29 is 9.53 Å². The van der Waals surface area contributed by atoms with E-state index in [1.54, 1.807) is 0 Å². The van der Waals surface area contributed by atoms with Crippen LogP contribution in [0.2, 0.25) is 0 Å². The predicted octanol–water partition coefficient (Wildman–Crippen LogP) is 0.780. The molecule has 1 atom stereocenters. The van der Waals surface area contributed by atoms with Gasteiger partial charge in [0.15, 0.2) is 0 Å². The maximum atomic E-state index is 10.9. The van der Waals surface area contributed by atoms with Crippen LogP contribution < -0.4 is 0 Å². The highest BCUT2D eigenvalue weighted by atomic mass is 28.1. The smallest absolute Gasteiger partial charge is 0.330 e. The maximum Gasteiger partial charge on any atom is 0.330 e. The van der Waals surface area contributed by atoms with Gasteiger partial charge >= 0.3 is 5.97 Å². The van der Waals surface area contributed by atoms with E-state index in [1.165, 1.54) is 6.08 Å². The van der Waals surface area contributed by atoms with Crippen LogP contribution in [0.3, 0.4) is 0 Å². The van der Waals surface area contributed by atoms with E-state index in [-0.39, 0.29) is 11.7 Å². The molecule has 0 aliphatic heterocycles. The summed E-state index contributed by atoms with van der Waals surface area (Å²) in [6, 6.07) is 9.71. The maximum absolute atomic E-state index is 10.9. The van der Waals surface area contributed by atoms with Gasteiger partial charge in [-0.25, -0.2) is 4.79 Å². The molecule has 0 bridgehead atoms. The highest BCUT2D eigenvalue weighted by Gasteiger charge is 2.07. The van der Waals surface area contributed by atoms with Crippen molar-refractivity contribution in [3.8, 4) is 0 Å². The molecular formula is C10H12O2Si. The third-order valence-electron chi connectivity index (χ3n) is 1.73. The van der Waals surface area contributed by atoms with Gasteiger partial charge < -0.3 is 4.74 Å². The number of benzene rings is 1. The van der Waals surface area contributed by atoms with Gasteiger partial charge in [0.2, 0.25) is 0 Å². The van der Waals surface area contributed by atoms with Gasteiger partial charge in [0.25, 0.3) is 0 Å². The Balaban J connectivity index is 2.63. The normalized spacial score (nSPS) is 12.0. The molecule has 2 nitrogen and oxygen atoms in total. The fraction of sp³-hybridized carbons (Fsp3) is 0.100. The first-order valence-electron chi connectivity index (χ1n) is 4.12. The summed E-state index contributed by atoms with van der Waals surface area (Å²) in [6.45, 7) is 3.35. The van der Waals surface area contributed by atoms with E-state index >= 15 is 0 Å². The van der Waals surface area contributed by atoms with E-state index < -0.39 is 0 Å². The Labute approximate surface area is 80.6 Å². The van der Waals surface area contributed by atoms with Crippen LogP contribution >= 0.6 is 0 Å². The Bertz CT molecular complexity index is 295. The van der Waals surface area contributed by atoms with E-state index in [2.05, 4.69) is 6.58 Å². The summed E-state index contributed by atoms with van der Waals surface area (Å²) in [6.07, 6.45) is 1.19. The van der Waals surface area contributed by atoms with Crippen molar-refractivity contribution in [3.63, 3.8) is 0 Å². The van der Waals surface area contributed by atoms with Gasteiger partial charge in [-0.2, -0.15) is 0 Å². The monoisotopic (exact) mass is 192 g/mol. The highest BCUT2D eigenvalue weighted by molar-refractivity contribution is 6.12. The van der Waals surface area contributed by atoms with Crippen molar-refractivity contribution in [2.45, 2.75) is 5.73 Å². The van der Waals surface area contributed by atoms with E-state index in [9.17, 15) is 4.79 Å². The first kappa shape index (κ1) is 9.73. The lowest BCUT2D eigenvalue weighted by atomic mass is 10.2. The van der Waals surface area contributed by atoms with Gasteiger partial charge in [0, 0.05) is 6.08 Å². The molecule has 0 heterocycles. The van der Waals surface area contributed by atoms with E-state index in [1.807, 2.05) is 30.3 Å². The molecule has 0 aliphatic rings. The third kappa shape index (κ3) is 2.87. The number of hydrogen-bond acceptors (Lipinski definition) is 2. The van der Waals surface area contributed by atoms with Crippen LogP contribution in [0, 0.1) is 0 Å². The van der Waals surface area contributed by atoms with Crippen molar-refractivity contribution in [1.29, 1.82) is 0 Å². The summed E-state index contributed by atoms with van der Waals surface area (Å²) in [4.78, 5) is 10.9. The minimum absolute atomic E-state index is 0.0771. The van der Waals surface area contributed by atoms with Gasteiger partial charge in [-0.3, -0.25) is 0 Å². The van der Waals surface area contributed by atoms with Crippen LogP contribution in [0.15, 0.2) is 43.0 Å². The van der Waals surface area contributed by atoms with Gasteiger partial charge in [-0.05, 0) is 5.56 Å². The Morgan fingerprint density at radius 3 is 2.62 bits per heavy atom. The molecule has 1 rings (SSSR count). The largest absolute Gasteiger partial charge is 0.459 e. The minimum Gasteiger partial charge on any atom is -0.459 e. The van der Waals surface area contributed by atoms with Crippen LogP contribution in [-0.4, -0.2) is 16.2 Å². The number of esters is 1. The Morgan fingerprint density at radius 2 is 2.08 bits per heavy atom. The quantitative estimate of drug-likeness (QED) is 0.402. The first-order valence-corrected chi connectivity index (χ1v) is 5.27. The van der Waals surface area contributed by atoms with Gasteiger partial charge in [0.1, 0.15) is 5.73 Å². The Morgan fingerprint density at radius 1 is 1.46 bits per heavy atom. The molecule has 1 unspecified atom stereocenters. The molecule has 0 saturated carbocycles. The van der Waals surface area contributed by atoms with Crippen LogP contribution in [0.25, 0.3) is 0 Å². The van der Waals surface area contributed by atoms with Crippen LogP contribution in [0.1, 0.15) is 11.3 Å². The van der Waals surface area contributed by atoms with E-state index in [4.69, 9.17) is 4.74 Å². The lowest BCUT2D eigenvalue weighted by Gasteiger charge is -2.11. The van der Waals surface area contributed by atoms with E-state index in [0.29, 0.717) is 0 Å². The molecule has 0 aliphatic carbocycles. The first-order chi connectivity index (χ1) is 6.24. The summed E-state index contributed by atoms with van der Waals surface area (Å²) in [5.41, 5.74) is 0.969. The molecule has 1 aromatic carbocycles. The van der Waals surface area contributed by atoms with Gasteiger partial charge in [0.05, 0.1) is 10.2 Å². The molecule has 3 heteroatoms. The fourth-order valence-electron chi connectivity index (χ4n) is 1.01. The number of ether oxygens (including phenoxy) is 1. The van der Waals surface area contributed by atoms with Gasteiger partial charge in [-0.1, -0.05) is 36.9 Å². The standard InChI is InChI=1S/C10H12O2Si/c1-2-9(11)12-10(13)8-6-4-3-5-7-8/h2-7,10H,1H2,13H3. The molecule has 0 amide bonds. The average Bonchev–Trinajstić information content (AvgIpc) is 2.19. The number of carbonyl (C=O) groups is 1. The molecular weight excluding hydrogens is 180 g/mol. The van der Waals surface area contributed by atoms with Crippen molar-refractivity contribution in [2.75, 3.05) is 0 Å². The van der Waals surface area contributed by atoms with Crippen LogP contribution in [0.4, 0.5) is 0 Å². The zero-order valence-electron chi connectivity index (χ0n) is 7.57. The number of rotatable bonds is 3. The van der Waals surface area contributed by atoms with Crippen LogP contribution in [0.5, 0.6) is 0 Å². The lowest BCUT2D eigenvalue weighted by molar-refractivity contribution is -0.139. The molecule has 0 fully saturated rings. The number of carbonyl (C=O) groups excluding carboxylic acids is 1. The summed E-state index contributed by atoms with van der Waals surface area (Å²) in [5, 5.41) is 0. The lowest BCUT2D eigenvalue weighted by Crippen LogP contribution is -2.08. The molecule has 0 N–H and O–H groups in total. The molecule has 0 radical (unpaired) electrons.